The molecular weight excluding hydrogens is 292 g/mol. The Kier molecular flexibility index (Phi) is 3.88. The molecule has 0 saturated carbocycles. The molecule has 1 fully saturated rings. The molecule has 108 valence electrons. The second kappa shape index (κ2) is 5.65. The Hall–Kier alpha value is -1.22. The predicted molar refractivity (Wildman–Crippen MR) is 85.1 cm³/mol. The maximum atomic E-state index is 6.01. The number of thiazole rings is 1. The van der Waals surface area contributed by atoms with E-state index in [0.717, 1.165) is 47.4 Å². The number of likely N-dealkylation sites (N-methyl/N-ethyl adjacent to an activating group) is 1. The predicted octanol–water partition coefficient (Wildman–Crippen LogP) is 1.73. The average Bonchev–Trinajstić information content (AvgIpc) is 2.99. The molecule has 3 rings (SSSR count). The number of hydrazine groups is 1. The number of aryl methyl sites for hydroxylation is 1. The Morgan fingerprint density at radius 2 is 2.05 bits per heavy atom. The molecule has 8 heteroatoms. The summed E-state index contributed by atoms with van der Waals surface area (Å²) in [6.45, 7) is 6.10. The monoisotopic (exact) mass is 310 g/mol. The van der Waals surface area contributed by atoms with Gasteiger partial charge >= 0.3 is 0 Å². The van der Waals surface area contributed by atoms with Crippen molar-refractivity contribution < 1.29 is 0 Å². The first-order valence-corrected chi connectivity index (χ1v) is 8.16. The fourth-order valence-electron chi connectivity index (χ4n) is 2.17. The molecule has 0 aromatic carbocycles. The van der Waals surface area contributed by atoms with Crippen molar-refractivity contribution in [3.05, 3.63) is 10.4 Å². The Balaban J connectivity index is 1.80. The normalized spacial score (nSPS) is 17.5. The van der Waals surface area contributed by atoms with E-state index < -0.39 is 0 Å². The van der Waals surface area contributed by atoms with Crippen molar-refractivity contribution in [1.82, 2.24) is 19.3 Å². The van der Waals surface area contributed by atoms with Gasteiger partial charge < -0.3 is 16.1 Å². The van der Waals surface area contributed by atoms with Crippen LogP contribution >= 0.6 is 22.9 Å². The van der Waals surface area contributed by atoms with E-state index in [1.54, 1.807) is 11.3 Å². The fourth-order valence-corrected chi connectivity index (χ4v) is 3.52. The number of nitrogen functional groups attached to an aromatic ring is 1. The SMILES string of the molecule is Cc1nc(-c2c(N)nsc2NN2CCN(C)CC2)cs1. The molecular formula is C12H18N6S2. The number of nitrogens with zero attached hydrogens (tertiary/aromatic N) is 4. The molecule has 0 spiro atoms. The Labute approximate surface area is 126 Å². The second-order valence-electron chi connectivity index (χ2n) is 4.93. The number of piperazine rings is 1. The van der Waals surface area contributed by atoms with Gasteiger partial charge in [-0.2, -0.15) is 4.37 Å². The molecule has 0 unspecified atom stereocenters. The van der Waals surface area contributed by atoms with Crippen LogP contribution in [-0.4, -0.2) is 52.5 Å². The van der Waals surface area contributed by atoms with Gasteiger partial charge in [0.1, 0.15) is 10.8 Å². The molecule has 0 bridgehead atoms. The highest BCUT2D eigenvalue weighted by molar-refractivity contribution is 7.11. The lowest BCUT2D eigenvalue weighted by atomic mass is 10.2. The Morgan fingerprint density at radius 3 is 2.70 bits per heavy atom. The Bertz CT molecular complexity index is 585. The molecule has 1 aliphatic heterocycles. The van der Waals surface area contributed by atoms with Crippen molar-refractivity contribution in [3.8, 4) is 11.3 Å². The first-order chi connectivity index (χ1) is 9.63. The summed E-state index contributed by atoms with van der Waals surface area (Å²) in [5.41, 5.74) is 11.3. The number of hydrogen-bond donors (Lipinski definition) is 2. The zero-order chi connectivity index (χ0) is 14.1. The highest BCUT2D eigenvalue weighted by atomic mass is 32.1. The third-order valence-corrected chi connectivity index (χ3v) is 4.90. The van der Waals surface area contributed by atoms with Crippen molar-refractivity contribution in [1.29, 1.82) is 0 Å². The molecule has 3 heterocycles. The lowest BCUT2D eigenvalue weighted by molar-refractivity contribution is 0.179. The molecule has 2 aromatic heterocycles. The number of rotatable bonds is 3. The minimum Gasteiger partial charge on any atom is -0.382 e. The Morgan fingerprint density at radius 1 is 1.30 bits per heavy atom. The molecule has 0 atom stereocenters. The first kappa shape index (κ1) is 13.7. The lowest BCUT2D eigenvalue weighted by Gasteiger charge is -2.32. The quantitative estimate of drug-likeness (QED) is 0.900. The maximum Gasteiger partial charge on any atom is 0.148 e. The van der Waals surface area contributed by atoms with Gasteiger partial charge in [-0.3, -0.25) is 0 Å². The van der Waals surface area contributed by atoms with Crippen LogP contribution in [-0.2, 0) is 0 Å². The summed E-state index contributed by atoms with van der Waals surface area (Å²) in [7, 11) is 2.14. The van der Waals surface area contributed by atoms with Crippen molar-refractivity contribution in [2.45, 2.75) is 6.92 Å². The second-order valence-corrected chi connectivity index (χ2v) is 6.76. The summed E-state index contributed by atoms with van der Waals surface area (Å²) in [4.78, 5) is 6.84. The van der Waals surface area contributed by atoms with Crippen LogP contribution in [0.15, 0.2) is 5.38 Å². The van der Waals surface area contributed by atoms with Crippen LogP contribution in [0.1, 0.15) is 5.01 Å². The van der Waals surface area contributed by atoms with Gasteiger partial charge in [0.05, 0.1) is 16.3 Å². The maximum absolute atomic E-state index is 6.01. The molecule has 0 radical (unpaired) electrons. The number of hydrogen-bond acceptors (Lipinski definition) is 8. The average molecular weight is 310 g/mol. The van der Waals surface area contributed by atoms with Crippen molar-refractivity contribution in [3.63, 3.8) is 0 Å². The van der Waals surface area contributed by atoms with Crippen LogP contribution in [0.25, 0.3) is 11.3 Å². The topological polar surface area (TPSA) is 70.3 Å². The zero-order valence-corrected chi connectivity index (χ0v) is 13.2. The molecule has 1 aliphatic rings. The number of nitrogens with one attached hydrogen (secondary N) is 1. The number of aromatic nitrogens is 2. The molecule has 0 amide bonds. The lowest BCUT2D eigenvalue weighted by Crippen LogP contribution is -2.46. The van der Waals surface area contributed by atoms with Gasteiger partial charge in [0.2, 0.25) is 0 Å². The highest BCUT2D eigenvalue weighted by Crippen LogP contribution is 2.37. The minimum absolute atomic E-state index is 0.553. The molecule has 3 N–H and O–H groups in total. The fraction of sp³-hybridized carbons (Fsp3) is 0.500. The van der Waals surface area contributed by atoms with E-state index in [9.17, 15) is 0 Å². The third-order valence-electron chi connectivity index (χ3n) is 3.36. The zero-order valence-electron chi connectivity index (χ0n) is 11.6. The van der Waals surface area contributed by atoms with Crippen LogP contribution in [0.5, 0.6) is 0 Å². The van der Waals surface area contributed by atoms with E-state index in [1.807, 2.05) is 12.3 Å². The summed E-state index contributed by atoms with van der Waals surface area (Å²) >= 11 is 3.03. The van der Waals surface area contributed by atoms with Gasteiger partial charge in [-0.25, -0.2) is 9.99 Å². The van der Waals surface area contributed by atoms with Gasteiger partial charge in [0.15, 0.2) is 0 Å². The van der Waals surface area contributed by atoms with Gasteiger partial charge in [0, 0.05) is 31.6 Å². The van der Waals surface area contributed by atoms with Crippen molar-refractivity contribution in [2.75, 3.05) is 44.4 Å². The summed E-state index contributed by atoms with van der Waals surface area (Å²) in [6.07, 6.45) is 0. The van der Waals surface area contributed by atoms with Gasteiger partial charge in [-0.1, -0.05) is 0 Å². The van der Waals surface area contributed by atoms with Crippen LogP contribution in [0, 0.1) is 6.92 Å². The summed E-state index contributed by atoms with van der Waals surface area (Å²) in [6, 6.07) is 0. The molecule has 2 aromatic rings. The molecule has 1 saturated heterocycles. The van der Waals surface area contributed by atoms with Crippen molar-refractivity contribution in [2.24, 2.45) is 0 Å². The summed E-state index contributed by atoms with van der Waals surface area (Å²) < 4.78 is 4.27. The van der Waals surface area contributed by atoms with E-state index in [2.05, 4.69) is 31.7 Å². The molecule has 6 nitrogen and oxygen atoms in total. The molecule has 20 heavy (non-hydrogen) atoms. The first-order valence-electron chi connectivity index (χ1n) is 6.51. The number of anilines is 2. The van der Waals surface area contributed by atoms with Crippen LogP contribution in [0.4, 0.5) is 10.8 Å². The standard InChI is InChI=1S/C12H18N6S2/c1-8-14-9(7-19-8)10-11(13)16-20-12(10)15-18-5-3-17(2)4-6-18/h7,15H,3-6H2,1-2H3,(H2,13,16). The summed E-state index contributed by atoms with van der Waals surface area (Å²) in [5, 5.41) is 6.27. The van der Waals surface area contributed by atoms with Crippen LogP contribution in [0.3, 0.4) is 0 Å². The van der Waals surface area contributed by atoms with Crippen molar-refractivity contribution >= 4 is 33.7 Å². The summed E-state index contributed by atoms with van der Waals surface area (Å²) in [5.74, 6) is 0.553. The largest absolute Gasteiger partial charge is 0.382 e. The van der Waals surface area contributed by atoms with Gasteiger partial charge in [-0.05, 0) is 25.5 Å². The minimum atomic E-state index is 0.553. The van der Waals surface area contributed by atoms with E-state index in [1.165, 1.54) is 11.5 Å². The third kappa shape index (κ3) is 2.78. The van der Waals surface area contributed by atoms with Crippen LogP contribution < -0.4 is 11.2 Å². The van der Waals surface area contributed by atoms with E-state index in [4.69, 9.17) is 5.73 Å². The van der Waals surface area contributed by atoms with Crippen LogP contribution in [0.2, 0.25) is 0 Å². The number of nitrogens with two attached hydrogens (primary N) is 1. The van der Waals surface area contributed by atoms with Gasteiger partial charge in [0.25, 0.3) is 0 Å². The molecule has 0 aliphatic carbocycles. The van der Waals surface area contributed by atoms with E-state index in [-0.39, 0.29) is 0 Å². The van der Waals surface area contributed by atoms with Gasteiger partial charge in [-0.15, -0.1) is 11.3 Å². The van der Waals surface area contributed by atoms with E-state index in [0.29, 0.717) is 5.82 Å². The smallest absolute Gasteiger partial charge is 0.148 e. The van der Waals surface area contributed by atoms with E-state index >= 15 is 0 Å². The highest BCUT2D eigenvalue weighted by Gasteiger charge is 2.20.